The normalized spacial score (nSPS) is 14.2. The predicted molar refractivity (Wildman–Crippen MR) is 125 cm³/mol. The molecule has 1 fully saturated rings. The SMILES string of the molecule is Cc1ccc(Cn2nc(C)c(C(=O)N3CCN(c4ncc(Cl)cc4Cl)CC3)c2Cl)cc1. The Balaban J connectivity index is 1.46. The van der Waals surface area contributed by atoms with E-state index in [1.807, 2.05) is 38.1 Å². The van der Waals surface area contributed by atoms with Gasteiger partial charge in [0, 0.05) is 32.4 Å². The Labute approximate surface area is 196 Å². The topological polar surface area (TPSA) is 54.3 Å². The Morgan fingerprint density at radius 1 is 1.03 bits per heavy atom. The van der Waals surface area contributed by atoms with Crippen molar-refractivity contribution in [1.29, 1.82) is 0 Å². The number of aryl methyl sites for hydroxylation is 2. The van der Waals surface area contributed by atoms with Crippen molar-refractivity contribution in [2.75, 3.05) is 31.1 Å². The van der Waals surface area contributed by atoms with Gasteiger partial charge in [0.05, 0.1) is 27.8 Å². The molecule has 9 heteroatoms. The van der Waals surface area contributed by atoms with Crippen molar-refractivity contribution >= 4 is 46.5 Å². The molecule has 1 aliphatic rings. The van der Waals surface area contributed by atoms with Gasteiger partial charge in [0.25, 0.3) is 5.91 Å². The van der Waals surface area contributed by atoms with E-state index in [0.29, 0.717) is 65.0 Å². The second-order valence-corrected chi connectivity index (χ2v) is 8.83. The summed E-state index contributed by atoms with van der Waals surface area (Å²) in [7, 11) is 0. The number of anilines is 1. The van der Waals surface area contributed by atoms with Crippen molar-refractivity contribution < 1.29 is 4.79 Å². The Kier molecular flexibility index (Phi) is 6.42. The van der Waals surface area contributed by atoms with E-state index in [1.54, 1.807) is 21.8 Å². The first-order valence-electron chi connectivity index (χ1n) is 9.97. The fourth-order valence-corrected chi connectivity index (χ4v) is 4.50. The summed E-state index contributed by atoms with van der Waals surface area (Å²) in [5, 5.41) is 5.88. The molecule has 3 heterocycles. The van der Waals surface area contributed by atoms with Gasteiger partial charge in [-0.1, -0.05) is 64.6 Å². The average molecular weight is 479 g/mol. The quantitative estimate of drug-likeness (QED) is 0.537. The van der Waals surface area contributed by atoms with Crippen LogP contribution in [-0.2, 0) is 6.54 Å². The summed E-state index contributed by atoms with van der Waals surface area (Å²) < 4.78 is 1.68. The number of hydrogen-bond acceptors (Lipinski definition) is 4. The zero-order valence-electron chi connectivity index (χ0n) is 17.3. The minimum absolute atomic E-state index is 0.104. The number of piperazine rings is 1. The number of amides is 1. The van der Waals surface area contributed by atoms with E-state index in [4.69, 9.17) is 34.8 Å². The summed E-state index contributed by atoms with van der Waals surface area (Å²) in [6.45, 7) is 6.70. The van der Waals surface area contributed by atoms with Crippen molar-refractivity contribution in [1.82, 2.24) is 19.7 Å². The second-order valence-electron chi connectivity index (χ2n) is 7.63. The van der Waals surface area contributed by atoms with Gasteiger partial charge in [0.15, 0.2) is 0 Å². The van der Waals surface area contributed by atoms with Crippen LogP contribution in [0.2, 0.25) is 15.2 Å². The third-order valence-electron chi connectivity index (χ3n) is 5.39. The summed E-state index contributed by atoms with van der Waals surface area (Å²) in [6, 6.07) is 9.85. The third-order valence-corrected chi connectivity index (χ3v) is 6.26. The van der Waals surface area contributed by atoms with Gasteiger partial charge in [-0.3, -0.25) is 4.79 Å². The van der Waals surface area contributed by atoms with Crippen LogP contribution in [0.4, 0.5) is 5.82 Å². The number of rotatable bonds is 4. The minimum atomic E-state index is -0.104. The predicted octanol–water partition coefficient (Wildman–Crippen LogP) is 4.87. The summed E-state index contributed by atoms with van der Waals surface area (Å²) in [4.78, 5) is 21.4. The van der Waals surface area contributed by atoms with Gasteiger partial charge in [0.1, 0.15) is 11.0 Å². The Morgan fingerprint density at radius 3 is 2.35 bits per heavy atom. The van der Waals surface area contributed by atoms with Crippen LogP contribution in [0.25, 0.3) is 0 Å². The number of aromatic nitrogens is 3. The molecule has 2 aromatic heterocycles. The van der Waals surface area contributed by atoms with Crippen molar-refractivity contribution in [3.05, 3.63) is 74.1 Å². The monoisotopic (exact) mass is 477 g/mol. The number of nitrogens with zero attached hydrogens (tertiary/aromatic N) is 5. The van der Waals surface area contributed by atoms with Crippen LogP contribution in [0, 0.1) is 13.8 Å². The van der Waals surface area contributed by atoms with E-state index >= 15 is 0 Å². The van der Waals surface area contributed by atoms with Crippen LogP contribution >= 0.6 is 34.8 Å². The molecule has 0 saturated carbocycles. The highest BCUT2D eigenvalue weighted by Gasteiger charge is 2.28. The Hall–Kier alpha value is -2.28. The highest BCUT2D eigenvalue weighted by molar-refractivity contribution is 6.36. The molecule has 1 aliphatic heterocycles. The fraction of sp³-hybridized carbons (Fsp3) is 0.318. The highest BCUT2D eigenvalue weighted by atomic mass is 35.5. The van der Waals surface area contributed by atoms with Gasteiger partial charge in [-0.15, -0.1) is 0 Å². The molecule has 0 spiro atoms. The van der Waals surface area contributed by atoms with Crippen LogP contribution < -0.4 is 4.90 Å². The minimum Gasteiger partial charge on any atom is -0.352 e. The number of carbonyl (C=O) groups excluding carboxylic acids is 1. The van der Waals surface area contributed by atoms with Gasteiger partial charge in [0.2, 0.25) is 0 Å². The van der Waals surface area contributed by atoms with Crippen molar-refractivity contribution in [2.45, 2.75) is 20.4 Å². The first-order chi connectivity index (χ1) is 14.8. The molecule has 1 aromatic carbocycles. The molecule has 0 atom stereocenters. The Bertz CT molecular complexity index is 1110. The molecule has 0 bridgehead atoms. The van der Waals surface area contributed by atoms with E-state index in [-0.39, 0.29) is 5.91 Å². The smallest absolute Gasteiger partial charge is 0.259 e. The van der Waals surface area contributed by atoms with E-state index in [9.17, 15) is 4.79 Å². The molecular weight excluding hydrogens is 457 g/mol. The van der Waals surface area contributed by atoms with Gasteiger partial charge in [-0.2, -0.15) is 5.10 Å². The molecule has 0 aliphatic carbocycles. The zero-order valence-corrected chi connectivity index (χ0v) is 19.5. The molecule has 31 heavy (non-hydrogen) atoms. The van der Waals surface area contributed by atoms with Crippen molar-refractivity contribution in [3.63, 3.8) is 0 Å². The maximum atomic E-state index is 13.2. The first-order valence-corrected chi connectivity index (χ1v) is 11.1. The standard InChI is InChI=1S/C22H22Cl3N5O/c1-14-3-5-16(6-4-14)13-30-20(25)19(15(2)27-30)22(31)29-9-7-28(8-10-29)21-18(24)11-17(23)12-26-21/h3-6,11-12H,7-10,13H2,1-2H3. The number of halogens is 3. The summed E-state index contributed by atoms with van der Waals surface area (Å²) in [6.07, 6.45) is 1.58. The van der Waals surface area contributed by atoms with Crippen LogP contribution in [0.1, 0.15) is 27.2 Å². The molecule has 0 unspecified atom stereocenters. The fourth-order valence-electron chi connectivity index (χ4n) is 3.69. The molecule has 6 nitrogen and oxygen atoms in total. The maximum absolute atomic E-state index is 13.2. The van der Waals surface area contributed by atoms with E-state index in [0.717, 1.165) is 5.56 Å². The molecule has 162 valence electrons. The number of carbonyl (C=O) groups is 1. The van der Waals surface area contributed by atoms with Crippen LogP contribution in [-0.4, -0.2) is 51.8 Å². The van der Waals surface area contributed by atoms with Crippen molar-refractivity contribution in [3.8, 4) is 0 Å². The molecule has 0 N–H and O–H groups in total. The number of pyridine rings is 1. The van der Waals surface area contributed by atoms with Gasteiger partial charge >= 0.3 is 0 Å². The van der Waals surface area contributed by atoms with Crippen LogP contribution in [0.3, 0.4) is 0 Å². The largest absolute Gasteiger partial charge is 0.352 e. The van der Waals surface area contributed by atoms with Gasteiger partial charge < -0.3 is 9.80 Å². The molecular formula is C22H22Cl3N5O. The van der Waals surface area contributed by atoms with Gasteiger partial charge in [-0.25, -0.2) is 9.67 Å². The van der Waals surface area contributed by atoms with E-state index in [2.05, 4.69) is 15.0 Å². The van der Waals surface area contributed by atoms with Gasteiger partial charge in [-0.05, 0) is 25.5 Å². The molecule has 1 saturated heterocycles. The van der Waals surface area contributed by atoms with Crippen LogP contribution in [0.15, 0.2) is 36.5 Å². The Morgan fingerprint density at radius 2 is 1.71 bits per heavy atom. The molecule has 1 amide bonds. The summed E-state index contributed by atoms with van der Waals surface area (Å²) in [5.41, 5.74) is 3.36. The zero-order chi connectivity index (χ0) is 22.1. The maximum Gasteiger partial charge on any atom is 0.259 e. The van der Waals surface area contributed by atoms with Crippen LogP contribution in [0.5, 0.6) is 0 Å². The molecule has 4 rings (SSSR count). The summed E-state index contributed by atoms with van der Waals surface area (Å²) >= 11 is 18.8. The van der Waals surface area contributed by atoms with E-state index in [1.165, 1.54) is 5.56 Å². The summed E-state index contributed by atoms with van der Waals surface area (Å²) in [5.74, 6) is 0.575. The highest BCUT2D eigenvalue weighted by Crippen LogP contribution is 2.28. The lowest BCUT2D eigenvalue weighted by Crippen LogP contribution is -2.49. The average Bonchev–Trinajstić information content (AvgIpc) is 3.02. The number of benzene rings is 1. The lowest BCUT2D eigenvalue weighted by atomic mass is 10.1. The lowest BCUT2D eigenvalue weighted by molar-refractivity contribution is 0.0746. The first kappa shape index (κ1) is 21.9. The third kappa shape index (κ3) is 4.66. The number of hydrogen-bond donors (Lipinski definition) is 0. The second kappa shape index (κ2) is 9.07. The van der Waals surface area contributed by atoms with Crippen molar-refractivity contribution in [2.24, 2.45) is 0 Å². The molecule has 3 aromatic rings. The molecule has 0 radical (unpaired) electrons. The lowest BCUT2D eigenvalue weighted by Gasteiger charge is -2.35. The van der Waals surface area contributed by atoms with E-state index < -0.39 is 0 Å².